The van der Waals surface area contributed by atoms with Crippen molar-refractivity contribution in [2.24, 2.45) is 0 Å². The molecular formula is C14H18N4O. The number of ether oxygens (including phenoxy) is 1. The number of hydrogen-bond donors (Lipinski definition) is 0. The van der Waals surface area contributed by atoms with Crippen molar-refractivity contribution in [3.05, 3.63) is 48.0 Å². The molecule has 0 spiro atoms. The van der Waals surface area contributed by atoms with Crippen LogP contribution in [0.15, 0.2) is 36.9 Å². The zero-order chi connectivity index (χ0) is 13.7. The van der Waals surface area contributed by atoms with Gasteiger partial charge in [-0.3, -0.25) is 9.88 Å². The van der Waals surface area contributed by atoms with Crippen molar-refractivity contribution in [3.63, 3.8) is 0 Å². The molecule has 5 nitrogen and oxygen atoms in total. The molecule has 0 aliphatic rings. The third kappa shape index (κ3) is 3.48. The lowest BCUT2D eigenvalue weighted by atomic mass is 10.1. The number of rotatable bonds is 5. The highest BCUT2D eigenvalue weighted by atomic mass is 16.5. The Balaban J connectivity index is 2.01. The molecule has 1 atom stereocenters. The van der Waals surface area contributed by atoms with Crippen molar-refractivity contribution < 1.29 is 4.74 Å². The van der Waals surface area contributed by atoms with Gasteiger partial charge in [-0.05, 0) is 25.6 Å². The quantitative estimate of drug-likeness (QED) is 0.821. The summed E-state index contributed by atoms with van der Waals surface area (Å²) in [6.45, 7) is 2.93. The molecule has 0 aliphatic heterocycles. The summed E-state index contributed by atoms with van der Waals surface area (Å²) in [7, 11) is 3.63. The summed E-state index contributed by atoms with van der Waals surface area (Å²) in [4.78, 5) is 14.6. The van der Waals surface area contributed by atoms with Crippen LogP contribution in [0.2, 0.25) is 0 Å². The smallest absolute Gasteiger partial charge is 0.316 e. The van der Waals surface area contributed by atoms with E-state index in [2.05, 4.69) is 39.9 Å². The fourth-order valence-electron chi connectivity index (χ4n) is 1.83. The Bertz CT molecular complexity index is 501. The maximum Gasteiger partial charge on any atom is 0.316 e. The second kappa shape index (κ2) is 6.24. The first-order chi connectivity index (χ1) is 9.20. The maximum atomic E-state index is 4.95. The molecule has 100 valence electrons. The number of aromatic nitrogens is 3. The molecule has 0 radical (unpaired) electrons. The highest BCUT2D eigenvalue weighted by Crippen LogP contribution is 2.19. The fraction of sp³-hybridized carbons (Fsp3) is 0.357. The minimum atomic E-state index is 0.288. The third-order valence-electron chi connectivity index (χ3n) is 3.12. The van der Waals surface area contributed by atoms with Crippen LogP contribution in [0.25, 0.3) is 0 Å². The average Bonchev–Trinajstić information content (AvgIpc) is 2.48. The summed E-state index contributed by atoms with van der Waals surface area (Å²) in [5.74, 6) is 0. The van der Waals surface area contributed by atoms with E-state index >= 15 is 0 Å². The lowest BCUT2D eigenvalue weighted by Crippen LogP contribution is -2.22. The van der Waals surface area contributed by atoms with Crippen LogP contribution < -0.4 is 4.74 Å². The summed E-state index contributed by atoms with van der Waals surface area (Å²) in [6.07, 6.45) is 7.26. The first-order valence-electron chi connectivity index (χ1n) is 6.15. The minimum Gasteiger partial charge on any atom is -0.467 e. The predicted molar refractivity (Wildman–Crippen MR) is 72.7 cm³/mol. The van der Waals surface area contributed by atoms with Crippen molar-refractivity contribution in [3.8, 4) is 6.01 Å². The molecule has 2 rings (SSSR count). The van der Waals surface area contributed by atoms with E-state index in [0.717, 1.165) is 12.1 Å². The molecule has 0 aromatic carbocycles. The van der Waals surface area contributed by atoms with E-state index in [9.17, 15) is 0 Å². The zero-order valence-electron chi connectivity index (χ0n) is 11.4. The van der Waals surface area contributed by atoms with Gasteiger partial charge in [0.05, 0.1) is 7.11 Å². The van der Waals surface area contributed by atoms with Crippen LogP contribution in [0, 0.1) is 0 Å². The Labute approximate surface area is 113 Å². The van der Waals surface area contributed by atoms with Crippen LogP contribution in [0.4, 0.5) is 0 Å². The van der Waals surface area contributed by atoms with Crippen molar-refractivity contribution in [2.45, 2.75) is 19.5 Å². The molecule has 2 aromatic rings. The monoisotopic (exact) mass is 258 g/mol. The van der Waals surface area contributed by atoms with Gasteiger partial charge in [-0.25, -0.2) is 9.97 Å². The van der Waals surface area contributed by atoms with Gasteiger partial charge >= 0.3 is 6.01 Å². The molecule has 0 fully saturated rings. The number of pyridine rings is 1. The van der Waals surface area contributed by atoms with Gasteiger partial charge in [0.15, 0.2) is 0 Å². The molecule has 0 unspecified atom stereocenters. The van der Waals surface area contributed by atoms with E-state index in [4.69, 9.17) is 4.74 Å². The summed E-state index contributed by atoms with van der Waals surface area (Å²) in [5, 5.41) is 0. The summed E-state index contributed by atoms with van der Waals surface area (Å²) in [6, 6.07) is 4.72. The molecule has 0 amide bonds. The van der Waals surface area contributed by atoms with Gasteiger partial charge in [0.2, 0.25) is 0 Å². The minimum absolute atomic E-state index is 0.288. The highest BCUT2D eigenvalue weighted by molar-refractivity contribution is 5.14. The van der Waals surface area contributed by atoms with E-state index in [-0.39, 0.29) is 6.04 Å². The molecule has 5 heteroatoms. The molecule has 0 bridgehead atoms. The molecular weight excluding hydrogens is 240 g/mol. The largest absolute Gasteiger partial charge is 0.467 e. The predicted octanol–water partition coefficient (Wildman–Crippen LogP) is 2.07. The van der Waals surface area contributed by atoms with Crippen LogP contribution in [0.5, 0.6) is 6.01 Å². The van der Waals surface area contributed by atoms with Gasteiger partial charge < -0.3 is 4.74 Å². The molecule has 2 aromatic heterocycles. The van der Waals surface area contributed by atoms with Crippen molar-refractivity contribution in [1.29, 1.82) is 0 Å². The van der Waals surface area contributed by atoms with Crippen LogP contribution in [0.1, 0.15) is 24.1 Å². The first kappa shape index (κ1) is 13.4. The maximum absolute atomic E-state index is 4.95. The van der Waals surface area contributed by atoms with Crippen molar-refractivity contribution >= 4 is 0 Å². The molecule has 0 saturated heterocycles. The lowest BCUT2D eigenvalue weighted by molar-refractivity contribution is 0.251. The van der Waals surface area contributed by atoms with Gasteiger partial charge in [-0.1, -0.05) is 6.07 Å². The Morgan fingerprint density at radius 3 is 2.58 bits per heavy atom. The van der Waals surface area contributed by atoms with Crippen LogP contribution in [-0.2, 0) is 6.54 Å². The van der Waals surface area contributed by atoms with Crippen LogP contribution in [-0.4, -0.2) is 34.0 Å². The van der Waals surface area contributed by atoms with E-state index < -0.39 is 0 Å². The first-order valence-corrected chi connectivity index (χ1v) is 6.15. The number of methoxy groups -OCH3 is 1. The van der Waals surface area contributed by atoms with Crippen LogP contribution >= 0.6 is 0 Å². The summed E-state index contributed by atoms with van der Waals surface area (Å²) in [5.41, 5.74) is 2.25. The Morgan fingerprint density at radius 1 is 1.26 bits per heavy atom. The Hall–Kier alpha value is -2.01. The van der Waals surface area contributed by atoms with Gasteiger partial charge in [-0.15, -0.1) is 0 Å². The SMILES string of the molecule is COc1ncc(CN(C)[C@H](C)c2cccnc2)cn1. The van der Waals surface area contributed by atoms with Crippen molar-refractivity contribution in [2.75, 3.05) is 14.2 Å². The van der Waals surface area contributed by atoms with Gasteiger partial charge in [0.1, 0.15) is 0 Å². The molecule has 0 N–H and O–H groups in total. The van der Waals surface area contributed by atoms with E-state index in [0.29, 0.717) is 6.01 Å². The molecule has 19 heavy (non-hydrogen) atoms. The average molecular weight is 258 g/mol. The number of nitrogens with zero attached hydrogens (tertiary/aromatic N) is 4. The highest BCUT2D eigenvalue weighted by Gasteiger charge is 2.12. The Morgan fingerprint density at radius 2 is 2.00 bits per heavy atom. The summed E-state index contributed by atoms with van der Waals surface area (Å²) >= 11 is 0. The fourth-order valence-corrected chi connectivity index (χ4v) is 1.83. The van der Waals surface area contributed by atoms with E-state index in [1.807, 2.05) is 12.3 Å². The molecule has 2 heterocycles. The van der Waals surface area contributed by atoms with Gasteiger partial charge in [-0.2, -0.15) is 0 Å². The molecule has 0 aliphatic carbocycles. The second-order valence-corrected chi connectivity index (χ2v) is 4.46. The lowest BCUT2D eigenvalue weighted by Gasteiger charge is -2.24. The normalized spacial score (nSPS) is 12.4. The molecule has 0 saturated carbocycles. The van der Waals surface area contributed by atoms with Gasteiger partial charge in [0, 0.05) is 42.9 Å². The zero-order valence-corrected chi connectivity index (χ0v) is 11.4. The second-order valence-electron chi connectivity index (χ2n) is 4.46. The van der Waals surface area contributed by atoms with E-state index in [1.54, 1.807) is 25.7 Å². The van der Waals surface area contributed by atoms with Crippen molar-refractivity contribution in [1.82, 2.24) is 19.9 Å². The van der Waals surface area contributed by atoms with Gasteiger partial charge in [0.25, 0.3) is 0 Å². The van der Waals surface area contributed by atoms with Crippen LogP contribution in [0.3, 0.4) is 0 Å². The van der Waals surface area contributed by atoms with E-state index in [1.165, 1.54) is 5.56 Å². The Kier molecular flexibility index (Phi) is 4.41. The third-order valence-corrected chi connectivity index (χ3v) is 3.12. The summed E-state index contributed by atoms with van der Waals surface area (Å²) < 4.78 is 4.95. The number of hydrogen-bond acceptors (Lipinski definition) is 5. The topological polar surface area (TPSA) is 51.1 Å². The standard InChI is InChI=1S/C14H18N4O/c1-11(13-5-4-6-15-9-13)18(2)10-12-7-16-14(19-3)17-8-12/h4-9,11H,10H2,1-3H3/t11-/m1/s1.